The summed E-state index contributed by atoms with van der Waals surface area (Å²) < 4.78 is 0. The average Bonchev–Trinajstić information content (AvgIpc) is 2.35. The van der Waals surface area contributed by atoms with E-state index in [9.17, 15) is 5.11 Å². The van der Waals surface area contributed by atoms with Crippen LogP contribution in [0.15, 0.2) is 24.3 Å². The van der Waals surface area contributed by atoms with Crippen LogP contribution >= 0.6 is 0 Å². The van der Waals surface area contributed by atoms with Crippen molar-refractivity contribution < 1.29 is 5.11 Å². The van der Waals surface area contributed by atoms with Gasteiger partial charge in [0.1, 0.15) is 0 Å². The Morgan fingerprint density at radius 2 is 1.71 bits per heavy atom. The third-order valence-corrected chi connectivity index (χ3v) is 3.53. The molecule has 1 aromatic rings. The summed E-state index contributed by atoms with van der Waals surface area (Å²) in [6, 6.07) is 8.63. The van der Waals surface area contributed by atoms with Gasteiger partial charge in [-0.2, -0.15) is 0 Å². The highest BCUT2D eigenvalue weighted by Gasteiger charge is 2.33. The van der Waals surface area contributed by atoms with Gasteiger partial charge in [-0.3, -0.25) is 0 Å². The molecular formula is C12H15NO. The van der Waals surface area contributed by atoms with Gasteiger partial charge in [-0.1, -0.05) is 12.1 Å². The van der Waals surface area contributed by atoms with Gasteiger partial charge < -0.3 is 10.0 Å². The maximum Gasteiger partial charge on any atom is 0.0721 e. The molecule has 5 aliphatic rings. The first-order valence-electron chi connectivity index (χ1n) is 5.32. The maximum atomic E-state index is 10.3. The fourth-order valence-corrected chi connectivity index (χ4v) is 2.56. The summed E-state index contributed by atoms with van der Waals surface area (Å²) in [5, 5.41) is 10.3. The molecule has 1 fully saturated rings. The third-order valence-electron chi connectivity index (χ3n) is 3.53. The van der Waals surface area contributed by atoms with Crippen molar-refractivity contribution in [1.29, 1.82) is 0 Å². The van der Waals surface area contributed by atoms with Gasteiger partial charge in [0.15, 0.2) is 0 Å². The maximum absolute atomic E-state index is 10.3. The topological polar surface area (TPSA) is 23.5 Å². The second kappa shape index (κ2) is 2.74. The number of anilines is 1. The third kappa shape index (κ3) is 1.22. The Balaban J connectivity index is 2.09. The molecule has 14 heavy (non-hydrogen) atoms. The van der Waals surface area contributed by atoms with E-state index in [2.05, 4.69) is 29.2 Å². The van der Waals surface area contributed by atoms with Crippen molar-refractivity contribution in [3.05, 3.63) is 29.8 Å². The van der Waals surface area contributed by atoms with Crippen molar-refractivity contribution in [2.75, 3.05) is 18.0 Å². The van der Waals surface area contributed by atoms with E-state index in [1.807, 2.05) is 0 Å². The summed E-state index contributed by atoms with van der Waals surface area (Å²) in [5.74, 6) is 0. The van der Waals surface area contributed by atoms with Crippen molar-refractivity contribution in [3.8, 4) is 0 Å². The molecule has 0 atom stereocenters. The summed E-state index contributed by atoms with van der Waals surface area (Å²) in [4.78, 5) is 2.36. The van der Waals surface area contributed by atoms with Gasteiger partial charge in [0.25, 0.3) is 0 Å². The van der Waals surface area contributed by atoms with E-state index in [-0.39, 0.29) is 0 Å². The van der Waals surface area contributed by atoms with Gasteiger partial charge in [-0.05, 0) is 30.5 Å². The number of piperidine rings is 1. The summed E-state index contributed by atoms with van der Waals surface area (Å²) in [6.45, 7) is 1.99. The van der Waals surface area contributed by atoms with E-state index in [0.717, 1.165) is 32.4 Å². The number of rotatable bonds is 0. The molecule has 74 valence electrons. The Hall–Kier alpha value is -1.02. The lowest BCUT2D eigenvalue weighted by Gasteiger charge is -2.37. The molecular weight excluding hydrogens is 174 g/mol. The Labute approximate surface area is 84.2 Å². The molecule has 0 aromatic heterocycles. The monoisotopic (exact) mass is 189 g/mol. The molecule has 0 amide bonds. The van der Waals surface area contributed by atoms with Gasteiger partial charge in [0.05, 0.1) is 5.60 Å². The minimum Gasteiger partial charge on any atom is -0.389 e. The predicted molar refractivity (Wildman–Crippen MR) is 56.5 cm³/mol. The molecule has 0 unspecified atom stereocenters. The smallest absolute Gasteiger partial charge is 0.0721 e. The molecule has 4 bridgehead atoms. The van der Waals surface area contributed by atoms with Gasteiger partial charge in [0.2, 0.25) is 0 Å². The number of hydrogen-bond donors (Lipinski definition) is 1. The summed E-state index contributed by atoms with van der Waals surface area (Å²) in [7, 11) is 0. The standard InChI is InChI=1S/C12H15NO/c14-12-5-7-13(8-6-12)11-3-1-10(9-12)2-4-11/h1-4,14H,5-9H2. The van der Waals surface area contributed by atoms with Gasteiger partial charge in [0, 0.05) is 25.2 Å². The SMILES string of the molecule is OC12CCN(CC1)c1ccc(cc1)C2. The Bertz CT molecular complexity index is 336. The summed E-state index contributed by atoms with van der Waals surface area (Å²) >= 11 is 0. The van der Waals surface area contributed by atoms with Crippen molar-refractivity contribution in [1.82, 2.24) is 0 Å². The van der Waals surface area contributed by atoms with Crippen LogP contribution in [0.3, 0.4) is 0 Å². The zero-order chi connectivity index (χ0) is 9.60. The lowest BCUT2D eigenvalue weighted by atomic mass is 9.86. The second-order valence-electron chi connectivity index (χ2n) is 4.55. The lowest BCUT2D eigenvalue weighted by molar-refractivity contribution is 0.0170. The fraction of sp³-hybridized carbons (Fsp3) is 0.500. The highest BCUT2D eigenvalue weighted by Crippen LogP contribution is 2.32. The molecule has 2 nitrogen and oxygen atoms in total. The minimum absolute atomic E-state index is 0.444. The van der Waals surface area contributed by atoms with E-state index in [0.29, 0.717) is 0 Å². The fourth-order valence-electron chi connectivity index (χ4n) is 2.56. The zero-order valence-electron chi connectivity index (χ0n) is 8.24. The molecule has 1 aromatic carbocycles. The minimum atomic E-state index is -0.444. The normalized spacial score (nSPS) is 23.1. The summed E-state index contributed by atoms with van der Waals surface area (Å²) in [6.07, 6.45) is 2.63. The molecule has 0 saturated carbocycles. The van der Waals surface area contributed by atoms with Crippen LogP contribution in [0.4, 0.5) is 5.69 Å². The molecule has 0 spiro atoms. The first-order valence-corrected chi connectivity index (χ1v) is 5.32. The van der Waals surface area contributed by atoms with Crippen LogP contribution in [0.25, 0.3) is 0 Å². The Morgan fingerprint density at radius 3 is 2.36 bits per heavy atom. The Kier molecular flexibility index (Phi) is 1.62. The number of nitrogens with zero attached hydrogens (tertiary/aromatic N) is 1. The van der Waals surface area contributed by atoms with Gasteiger partial charge in [-0.15, -0.1) is 0 Å². The molecule has 5 heterocycles. The molecule has 5 aliphatic heterocycles. The Morgan fingerprint density at radius 1 is 1.07 bits per heavy atom. The first-order chi connectivity index (χ1) is 6.75. The van der Waals surface area contributed by atoms with E-state index < -0.39 is 5.60 Å². The van der Waals surface area contributed by atoms with Crippen LogP contribution in [-0.4, -0.2) is 23.8 Å². The van der Waals surface area contributed by atoms with Crippen LogP contribution in [0.5, 0.6) is 0 Å². The van der Waals surface area contributed by atoms with E-state index >= 15 is 0 Å². The lowest BCUT2D eigenvalue weighted by Crippen LogP contribution is -2.45. The van der Waals surface area contributed by atoms with Crippen LogP contribution in [-0.2, 0) is 6.42 Å². The number of aliphatic hydroxyl groups is 1. The molecule has 0 aliphatic carbocycles. The summed E-state index contributed by atoms with van der Waals surface area (Å²) in [5.41, 5.74) is 2.12. The van der Waals surface area contributed by atoms with E-state index in [4.69, 9.17) is 0 Å². The quantitative estimate of drug-likeness (QED) is 0.669. The van der Waals surface area contributed by atoms with Crippen LogP contribution in [0.1, 0.15) is 18.4 Å². The van der Waals surface area contributed by atoms with E-state index in [1.54, 1.807) is 0 Å². The van der Waals surface area contributed by atoms with Crippen molar-refractivity contribution in [2.45, 2.75) is 24.9 Å². The van der Waals surface area contributed by atoms with Crippen LogP contribution in [0.2, 0.25) is 0 Å². The molecule has 1 saturated heterocycles. The molecule has 2 heteroatoms. The van der Waals surface area contributed by atoms with Crippen LogP contribution in [0, 0.1) is 0 Å². The molecule has 0 radical (unpaired) electrons. The average molecular weight is 189 g/mol. The van der Waals surface area contributed by atoms with Crippen molar-refractivity contribution in [3.63, 3.8) is 0 Å². The van der Waals surface area contributed by atoms with Gasteiger partial charge >= 0.3 is 0 Å². The van der Waals surface area contributed by atoms with Crippen LogP contribution < -0.4 is 4.90 Å². The molecule has 6 rings (SSSR count). The van der Waals surface area contributed by atoms with Gasteiger partial charge in [-0.25, -0.2) is 0 Å². The number of hydrogen-bond acceptors (Lipinski definition) is 2. The van der Waals surface area contributed by atoms with Crippen molar-refractivity contribution in [2.24, 2.45) is 0 Å². The largest absolute Gasteiger partial charge is 0.389 e. The van der Waals surface area contributed by atoms with E-state index in [1.165, 1.54) is 11.3 Å². The molecule has 1 N–H and O–H groups in total. The highest BCUT2D eigenvalue weighted by atomic mass is 16.3. The number of benzene rings is 1. The predicted octanol–water partition coefficient (Wildman–Crippen LogP) is 1.57. The first kappa shape index (κ1) is 8.30. The van der Waals surface area contributed by atoms with Crippen molar-refractivity contribution >= 4 is 5.69 Å². The second-order valence-corrected chi connectivity index (χ2v) is 4.55. The zero-order valence-corrected chi connectivity index (χ0v) is 8.24. The highest BCUT2D eigenvalue weighted by molar-refractivity contribution is 5.49.